The fraction of sp³-hybridized carbons (Fsp3) is 0.933. The molecule has 4 heteroatoms. The molecule has 1 saturated heterocycles. The van der Waals surface area contributed by atoms with Crippen molar-refractivity contribution in [3.63, 3.8) is 0 Å². The average Bonchev–Trinajstić information content (AvgIpc) is 3.09. The molecular formula is C30H50O4. The van der Waals surface area contributed by atoms with Crippen LogP contribution >= 0.6 is 0 Å². The second-order valence-corrected chi connectivity index (χ2v) is 14.0. The summed E-state index contributed by atoms with van der Waals surface area (Å²) >= 11 is 0. The van der Waals surface area contributed by atoms with Crippen LogP contribution in [0.25, 0.3) is 0 Å². The summed E-state index contributed by atoms with van der Waals surface area (Å²) in [5.41, 5.74) is 1.31. The number of fused-ring (bicyclic) bond motifs is 5. The molecule has 1 aliphatic heterocycles. The number of rotatable bonds is 7. The molecule has 5 aliphatic rings. The van der Waals surface area contributed by atoms with Crippen molar-refractivity contribution < 1.29 is 19.7 Å². The maximum atomic E-state index is 11.4. The number of hydrogen-bond acceptors (Lipinski definition) is 4. The molecule has 1 unspecified atom stereocenters. The SMILES string of the molecule is C[C@H](CCC(C)(C)O)[C@H]1CC[C@H]2C3CC=C4[C@@H](O)[C@@H](OCC5COC5)CC[C@]4(C)[C@H]3CC[C@]12C. The van der Waals surface area contributed by atoms with Crippen LogP contribution in [-0.4, -0.2) is 47.8 Å². The van der Waals surface area contributed by atoms with Crippen LogP contribution in [0.3, 0.4) is 0 Å². The molecule has 0 aromatic carbocycles. The summed E-state index contributed by atoms with van der Waals surface area (Å²) in [6.07, 6.45) is 12.6. The number of allylic oxidation sites excluding steroid dienone is 1. The van der Waals surface area contributed by atoms with Gasteiger partial charge in [-0.1, -0.05) is 26.8 Å². The van der Waals surface area contributed by atoms with E-state index in [0.717, 1.165) is 69.7 Å². The minimum Gasteiger partial charge on any atom is -0.390 e. The highest BCUT2D eigenvalue weighted by atomic mass is 16.5. The molecule has 3 saturated carbocycles. The minimum atomic E-state index is -0.557. The Morgan fingerprint density at radius 3 is 2.56 bits per heavy atom. The lowest BCUT2D eigenvalue weighted by atomic mass is 9.46. The Balaban J connectivity index is 1.28. The van der Waals surface area contributed by atoms with Gasteiger partial charge in [-0.15, -0.1) is 0 Å². The molecule has 5 rings (SSSR count). The van der Waals surface area contributed by atoms with Crippen molar-refractivity contribution >= 4 is 0 Å². The first-order valence-electron chi connectivity index (χ1n) is 14.3. The molecule has 0 radical (unpaired) electrons. The molecule has 2 N–H and O–H groups in total. The first-order valence-corrected chi connectivity index (χ1v) is 14.3. The van der Waals surface area contributed by atoms with Gasteiger partial charge in [0, 0.05) is 5.92 Å². The van der Waals surface area contributed by atoms with Gasteiger partial charge >= 0.3 is 0 Å². The third-order valence-corrected chi connectivity index (χ3v) is 11.4. The van der Waals surface area contributed by atoms with E-state index in [4.69, 9.17) is 9.47 Å². The molecule has 9 atom stereocenters. The van der Waals surface area contributed by atoms with Gasteiger partial charge in [0.05, 0.1) is 31.5 Å². The lowest BCUT2D eigenvalue weighted by molar-refractivity contribution is -0.128. The van der Waals surface area contributed by atoms with E-state index in [9.17, 15) is 10.2 Å². The number of aliphatic hydroxyl groups excluding tert-OH is 1. The normalized spacial score (nSPS) is 45.6. The third-order valence-electron chi connectivity index (χ3n) is 11.4. The van der Waals surface area contributed by atoms with E-state index < -0.39 is 11.7 Å². The van der Waals surface area contributed by atoms with Gasteiger partial charge < -0.3 is 19.7 Å². The van der Waals surface area contributed by atoms with Crippen LogP contribution in [0, 0.1) is 46.3 Å². The van der Waals surface area contributed by atoms with Gasteiger partial charge in [0.1, 0.15) is 6.10 Å². The second kappa shape index (κ2) is 9.15. The van der Waals surface area contributed by atoms with Crippen LogP contribution < -0.4 is 0 Å². The van der Waals surface area contributed by atoms with Crippen molar-refractivity contribution in [2.45, 2.75) is 110 Å². The predicted molar refractivity (Wildman–Crippen MR) is 135 cm³/mol. The van der Waals surface area contributed by atoms with E-state index in [1.807, 2.05) is 13.8 Å². The van der Waals surface area contributed by atoms with E-state index in [1.54, 1.807) is 0 Å². The van der Waals surface area contributed by atoms with Gasteiger partial charge in [-0.25, -0.2) is 0 Å². The molecule has 4 nitrogen and oxygen atoms in total. The van der Waals surface area contributed by atoms with Crippen molar-refractivity contribution in [3.05, 3.63) is 11.6 Å². The van der Waals surface area contributed by atoms with Crippen LogP contribution in [0.2, 0.25) is 0 Å². The van der Waals surface area contributed by atoms with Gasteiger partial charge in [0.15, 0.2) is 0 Å². The zero-order valence-corrected chi connectivity index (χ0v) is 22.4. The monoisotopic (exact) mass is 474 g/mol. The van der Waals surface area contributed by atoms with E-state index in [-0.39, 0.29) is 11.5 Å². The summed E-state index contributed by atoms with van der Waals surface area (Å²) in [5.74, 6) is 4.24. The lowest BCUT2D eigenvalue weighted by Gasteiger charge is -2.59. The molecule has 1 heterocycles. The number of hydrogen-bond donors (Lipinski definition) is 2. The fourth-order valence-electron chi connectivity index (χ4n) is 9.28. The zero-order chi connectivity index (χ0) is 24.3. The Morgan fingerprint density at radius 1 is 1.12 bits per heavy atom. The van der Waals surface area contributed by atoms with E-state index in [1.165, 1.54) is 31.3 Å². The highest BCUT2D eigenvalue weighted by Gasteiger charge is 2.60. The molecule has 34 heavy (non-hydrogen) atoms. The number of ether oxygens (including phenoxy) is 2. The van der Waals surface area contributed by atoms with Crippen LogP contribution in [0.4, 0.5) is 0 Å². The Morgan fingerprint density at radius 2 is 1.88 bits per heavy atom. The smallest absolute Gasteiger partial charge is 0.102 e. The van der Waals surface area contributed by atoms with Gasteiger partial charge in [-0.05, 0) is 118 Å². The second-order valence-electron chi connectivity index (χ2n) is 14.0. The summed E-state index contributed by atoms with van der Waals surface area (Å²) in [6.45, 7) is 13.8. The molecule has 194 valence electrons. The first kappa shape index (κ1) is 25.2. The van der Waals surface area contributed by atoms with E-state index in [0.29, 0.717) is 23.2 Å². The maximum absolute atomic E-state index is 11.4. The standard InChI is InChI=1S/C30H50O4/c1-19(10-13-28(2,3)32)22-8-9-23-21-6-7-25-27(31)26(34-18-20-16-33-17-20)12-15-30(25,5)24(21)11-14-29(22,23)4/h7,19-24,26-27,31-32H,6,8-18H2,1-5H3/t19-,21?,22-,23+,24+,26+,27-,29-,30-/m1/s1. The van der Waals surface area contributed by atoms with Crippen molar-refractivity contribution in [3.8, 4) is 0 Å². The maximum Gasteiger partial charge on any atom is 0.102 e. The van der Waals surface area contributed by atoms with Crippen molar-refractivity contribution in [2.75, 3.05) is 19.8 Å². The Hall–Kier alpha value is -0.420. The topological polar surface area (TPSA) is 58.9 Å². The summed E-state index contributed by atoms with van der Waals surface area (Å²) in [4.78, 5) is 0. The Bertz CT molecular complexity index is 766. The minimum absolute atomic E-state index is 0.0437. The molecule has 4 fully saturated rings. The molecular weight excluding hydrogens is 424 g/mol. The summed E-state index contributed by atoms with van der Waals surface area (Å²) in [6, 6.07) is 0. The van der Waals surface area contributed by atoms with Crippen LogP contribution in [0.15, 0.2) is 11.6 Å². The van der Waals surface area contributed by atoms with E-state index in [2.05, 4.69) is 26.8 Å². The molecule has 0 amide bonds. The molecule has 0 aromatic heterocycles. The molecule has 0 spiro atoms. The van der Waals surface area contributed by atoms with Crippen molar-refractivity contribution in [1.82, 2.24) is 0 Å². The molecule has 4 aliphatic carbocycles. The Kier molecular flexibility index (Phi) is 6.79. The van der Waals surface area contributed by atoms with E-state index >= 15 is 0 Å². The fourth-order valence-corrected chi connectivity index (χ4v) is 9.28. The van der Waals surface area contributed by atoms with Gasteiger partial charge in [-0.3, -0.25) is 0 Å². The van der Waals surface area contributed by atoms with Crippen LogP contribution in [-0.2, 0) is 9.47 Å². The Labute approximate surface area is 207 Å². The highest BCUT2D eigenvalue weighted by molar-refractivity contribution is 5.29. The summed E-state index contributed by atoms with van der Waals surface area (Å²) in [5, 5.41) is 21.6. The molecule has 0 aromatic rings. The van der Waals surface area contributed by atoms with Crippen molar-refractivity contribution in [2.24, 2.45) is 46.3 Å². The number of aliphatic hydroxyl groups is 2. The quantitative estimate of drug-likeness (QED) is 0.461. The van der Waals surface area contributed by atoms with Gasteiger partial charge in [-0.2, -0.15) is 0 Å². The third kappa shape index (κ3) is 4.33. The van der Waals surface area contributed by atoms with Crippen LogP contribution in [0.1, 0.15) is 92.4 Å². The first-order chi connectivity index (χ1) is 16.0. The summed E-state index contributed by atoms with van der Waals surface area (Å²) < 4.78 is 11.5. The van der Waals surface area contributed by atoms with Crippen molar-refractivity contribution in [1.29, 1.82) is 0 Å². The van der Waals surface area contributed by atoms with Gasteiger partial charge in [0.25, 0.3) is 0 Å². The lowest BCUT2D eigenvalue weighted by Crippen LogP contribution is -2.54. The summed E-state index contributed by atoms with van der Waals surface area (Å²) in [7, 11) is 0. The average molecular weight is 475 g/mol. The predicted octanol–water partition coefficient (Wildman–Crippen LogP) is 5.76. The largest absolute Gasteiger partial charge is 0.390 e. The molecule has 0 bridgehead atoms. The zero-order valence-electron chi connectivity index (χ0n) is 22.4. The van der Waals surface area contributed by atoms with Crippen LogP contribution in [0.5, 0.6) is 0 Å². The highest BCUT2D eigenvalue weighted by Crippen LogP contribution is 2.67. The van der Waals surface area contributed by atoms with Gasteiger partial charge in [0.2, 0.25) is 0 Å².